The largest absolute Gasteiger partial charge is 0.446 e. The summed E-state index contributed by atoms with van der Waals surface area (Å²) < 4.78 is 67.8. The van der Waals surface area contributed by atoms with Gasteiger partial charge in [0.1, 0.15) is 6.10 Å². The number of hydrogen-bond acceptors (Lipinski definition) is 4. The number of carbonyl (C=O) groups is 1. The lowest BCUT2D eigenvalue weighted by Gasteiger charge is -2.27. The van der Waals surface area contributed by atoms with E-state index < -0.39 is 27.7 Å². The molecule has 2 rings (SSSR count). The van der Waals surface area contributed by atoms with E-state index in [1.165, 1.54) is 6.07 Å². The van der Waals surface area contributed by atoms with Gasteiger partial charge in [-0.3, -0.25) is 0 Å². The minimum Gasteiger partial charge on any atom is -0.446 e. The van der Waals surface area contributed by atoms with Crippen LogP contribution in [0.2, 0.25) is 0 Å². The molecule has 0 saturated heterocycles. The molecule has 1 aromatic rings. The van der Waals surface area contributed by atoms with E-state index in [0.29, 0.717) is 31.7 Å². The van der Waals surface area contributed by atoms with Gasteiger partial charge in [0.25, 0.3) is 0 Å². The number of carbonyl (C=O) groups excluding carboxylic acids is 1. The molecule has 24 heavy (non-hydrogen) atoms. The van der Waals surface area contributed by atoms with Crippen molar-refractivity contribution in [1.82, 2.24) is 0 Å². The number of ether oxygens (including phenoxy) is 1. The molecule has 0 atom stereocenters. The van der Waals surface area contributed by atoms with Crippen LogP contribution < -0.4 is 5.73 Å². The Bertz CT molecular complexity index is 695. The Hall–Kier alpha value is -1.77. The number of alkyl halides is 3. The molecule has 1 aliphatic rings. The van der Waals surface area contributed by atoms with Crippen molar-refractivity contribution in [2.45, 2.75) is 42.9 Å². The molecule has 0 heterocycles. The van der Waals surface area contributed by atoms with E-state index >= 15 is 0 Å². The van der Waals surface area contributed by atoms with Crippen molar-refractivity contribution in [2.24, 2.45) is 11.7 Å². The molecule has 0 radical (unpaired) electrons. The van der Waals surface area contributed by atoms with Gasteiger partial charge in [0.05, 0.1) is 16.2 Å². The standard InChI is InChI=1S/C15H18F3NO4S/c16-15(17,18)11-2-1-3-13(8-11)24(21,22)9-10-4-6-12(7-5-10)23-14(19)20/h1-3,8,10,12H,4-7,9H2,(H2,19,20). The molecule has 0 spiro atoms. The zero-order valence-electron chi connectivity index (χ0n) is 12.8. The monoisotopic (exact) mass is 365 g/mol. The second kappa shape index (κ2) is 7.00. The van der Waals surface area contributed by atoms with Crippen molar-refractivity contribution in [1.29, 1.82) is 0 Å². The van der Waals surface area contributed by atoms with Gasteiger partial charge < -0.3 is 10.5 Å². The maximum absolute atomic E-state index is 12.7. The summed E-state index contributed by atoms with van der Waals surface area (Å²) in [4.78, 5) is 10.4. The Morgan fingerprint density at radius 3 is 2.38 bits per heavy atom. The summed E-state index contributed by atoms with van der Waals surface area (Å²) in [7, 11) is -3.82. The van der Waals surface area contributed by atoms with Crippen LogP contribution in [0.15, 0.2) is 29.2 Å². The fraction of sp³-hybridized carbons (Fsp3) is 0.533. The van der Waals surface area contributed by atoms with Crippen LogP contribution in [0.4, 0.5) is 18.0 Å². The van der Waals surface area contributed by atoms with Crippen LogP contribution in [0.25, 0.3) is 0 Å². The fourth-order valence-corrected chi connectivity index (χ4v) is 4.59. The van der Waals surface area contributed by atoms with E-state index in [4.69, 9.17) is 10.5 Å². The Morgan fingerprint density at radius 1 is 1.21 bits per heavy atom. The first-order valence-electron chi connectivity index (χ1n) is 7.44. The van der Waals surface area contributed by atoms with Crippen molar-refractivity contribution in [2.75, 3.05) is 5.75 Å². The van der Waals surface area contributed by atoms with Gasteiger partial charge >= 0.3 is 12.3 Å². The Balaban J connectivity index is 2.04. The first-order valence-corrected chi connectivity index (χ1v) is 9.09. The average Bonchev–Trinajstić information content (AvgIpc) is 2.48. The number of amides is 1. The summed E-state index contributed by atoms with van der Waals surface area (Å²) in [5.74, 6) is -0.408. The molecule has 2 N–H and O–H groups in total. The summed E-state index contributed by atoms with van der Waals surface area (Å²) in [6.45, 7) is 0. The second-order valence-electron chi connectivity index (χ2n) is 5.89. The van der Waals surface area contributed by atoms with Gasteiger partial charge in [-0.2, -0.15) is 13.2 Å². The van der Waals surface area contributed by atoms with E-state index in [1.54, 1.807) is 0 Å². The predicted molar refractivity (Wildman–Crippen MR) is 79.9 cm³/mol. The molecule has 0 bridgehead atoms. The zero-order chi connectivity index (χ0) is 18.0. The highest BCUT2D eigenvalue weighted by atomic mass is 32.2. The van der Waals surface area contributed by atoms with Crippen LogP contribution in [0, 0.1) is 5.92 Å². The second-order valence-corrected chi connectivity index (χ2v) is 7.92. The number of hydrogen-bond donors (Lipinski definition) is 1. The van der Waals surface area contributed by atoms with Gasteiger partial charge in [-0.25, -0.2) is 13.2 Å². The minimum atomic E-state index is -4.59. The molecule has 1 aromatic carbocycles. The maximum atomic E-state index is 12.7. The molecule has 1 saturated carbocycles. The van der Waals surface area contributed by atoms with Crippen molar-refractivity contribution in [3.05, 3.63) is 29.8 Å². The third-order valence-corrected chi connectivity index (χ3v) is 5.93. The molecular formula is C15H18F3NO4S. The van der Waals surface area contributed by atoms with Crippen molar-refractivity contribution >= 4 is 15.9 Å². The third-order valence-electron chi connectivity index (χ3n) is 4.05. The van der Waals surface area contributed by atoms with Crippen molar-refractivity contribution in [3.8, 4) is 0 Å². The molecular weight excluding hydrogens is 347 g/mol. The molecule has 1 fully saturated rings. The zero-order valence-corrected chi connectivity index (χ0v) is 13.6. The SMILES string of the molecule is NC(=O)OC1CCC(CS(=O)(=O)c2cccc(C(F)(F)F)c2)CC1. The average molecular weight is 365 g/mol. The van der Waals surface area contributed by atoms with Gasteiger partial charge in [0.15, 0.2) is 9.84 Å². The molecule has 0 unspecified atom stereocenters. The van der Waals surface area contributed by atoms with Crippen LogP contribution >= 0.6 is 0 Å². The third kappa shape index (κ3) is 4.86. The number of primary amides is 1. The Labute approximate surface area is 137 Å². The minimum absolute atomic E-state index is 0.183. The molecule has 0 aliphatic heterocycles. The molecule has 1 aliphatic carbocycles. The highest BCUT2D eigenvalue weighted by molar-refractivity contribution is 7.91. The Kier molecular flexibility index (Phi) is 5.42. The van der Waals surface area contributed by atoms with Crippen molar-refractivity contribution in [3.63, 3.8) is 0 Å². The summed E-state index contributed by atoms with van der Waals surface area (Å²) in [6.07, 6.45) is -3.77. The lowest BCUT2D eigenvalue weighted by molar-refractivity contribution is -0.137. The number of nitrogens with two attached hydrogens (primary N) is 1. The van der Waals surface area contributed by atoms with E-state index in [2.05, 4.69) is 0 Å². The quantitative estimate of drug-likeness (QED) is 0.888. The summed E-state index contributed by atoms with van der Waals surface area (Å²) >= 11 is 0. The number of benzene rings is 1. The number of halogens is 3. The van der Waals surface area contributed by atoms with E-state index in [1.807, 2.05) is 0 Å². The molecule has 9 heteroatoms. The topological polar surface area (TPSA) is 86.5 Å². The summed E-state index contributed by atoms with van der Waals surface area (Å²) in [5.41, 5.74) is 3.95. The highest BCUT2D eigenvalue weighted by Crippen LogP contribution is 2.32. The van der Waals surface area contributed by atoms with Gasteiger partial charge in [-0.1, -0.05) is 6.07 Å². The number of sulfone groups is 1. The smallest absolute Gasteiger partial charge is 0.416 e. The van der Waals surface area contributed by atoms with Crippen LogP contribution in [0.1, 0.15) is 31.2 Å². The molecule has 134 valence electrons. The Morgan fingerprint density at radius 2 is 1.83 bits per heavy atom. The van der Waals surface area contributed by atoms with Gasteiger partial charge in [-0.15, -0.1) is 0 Å². The predicted octanol–water partition coefficient (Wildman–Crippen LogP) is 3.13. The lowest BCUT2D eigenvalue weighted by atomic mass is 9.89. The normalized spacial score (nSPS) is 22.1. The fourth-order valence-electron chi connectivity index (χ4n) is 2.85. The van der Waals surface area contributed by atoms with Crippen LogP contribution in [0.5, 0.6) is 0 Å². The first kappa shape index (κ1) is 18.6. The van der Waals surface area contributed by atoms with Crippen LogP contribution in [-0.4, -0.2) is 26.4 Å². The summed E-state index contributed by atoms with van der Waals surface area (Å²) in [6, 6.07) is 3.77. The maximum Gasteiger partial charge on any atom is 0.416 e. The number of rotatable bonds is 4. The van der Waals surface area contributed by atoms with Gasteiger partial charge in [0, 0.05) is 0 Å². The van der Waals surface area contributed by atoms with Gasteiger partial charge in [-0.05, 0) is 49.8 Å². The summed E-state index contributed by atoms with van der Waals surface area (Å²) in [5, 5.41) is 0. The van der Waals surface area contributed by atoms with E-state index in [-0.39, 0.29) is 22.7 Å². The van der Waals surface area contributed by atoms with Crippen LogP contribution in [-0.2, 0) is 20.8 Å². The lowest BCUT2D eigenvalue weighted by Crippen LogP contribution is -2.29. The van der Waals surface area contributed by atoms with E-state index in [0.717, 1.165) is 12.1 Å². The molecule has 1 amide bonds. The van der Waals surface area contributed by atoms with Gasteiger partial charge in [0.2, 0.25) is 0 Å². The van der Waals surface area contributed by atoms with Crippen LogP contribution in [0.3, 0.4) is 0 Å². The first-order chi connectivity index (χ1) is 11.1. The molecule has 5 nitrogen and oxygen atoms in total. The van der Waals surface area contributed by atoms with E-state index in [9.17, 15) is 26.4 Å². The molecule has 0 aromatic heterocycles. The highest BCUT2D eigenvalue weighted by Gasteiger charge is 2.33. The van der Waals surface area contributed by atoms with Crippen molar-refractivity contribution < 1.29 is 31.1 Å².